The van der Waals surface area contributed by atoms with Gasteiger partial charge in [0.15, 0.2) is 0 Å². The van der Waals surface area contributed by atoms with Crippen molar-refractivity contribution >= 4 is 11.8 Å². The van der Waals surface area contributed by atoms with Gasteiger partial charge in [0.2, 0.25) is 11.8 Å². The van der Waals surface area contributed by atoms with Crippen LogP contribution in [0.1, 0.15) is 37.7 Å². The van der Waals surface area contributed by atoms with E-state index in [0.29, 0.717) is 13.1 Å². The Morgan fingerprint density at radius 3 is 2.55 bits per heavy atom. The van der Waals surface area contributed by atoms with Crippen LogP contribution in [-0.2, 0) is 16.1 Å². The summed E-state index contributed by atoms with van der Waals surface area (Å²) in [6, 6.07) is 9.91. The van der Waals surface area contributed by atoms with E-state index in [2.05, 4.69) is 0 Å². The summed E-state index contributed by atoms with van der Waals surface area (Å²) >= 11 is 0. The lowest BCUT2D eigenvalue weighted by molar-refractivity contribution is -0.137. The number of hydrogen-bond donors (Lipinski definition) is 2. The molecular formula is C17H25N3O2. The third-order valence-corrected chi connectivity index (χ3v) is 4.22. The van der Waals surface area contributed by atoms with Crippen molar-refractivity contribution in [2.45, 2.75) is 44.7 Å². The summed E-state index contributed by atoms with van der Waals surface area (Å²) in [5, 5.41) is 0. The lowest BCUT2D eigenvalue weighted by Crippen LogP contribution is -2.41. The van der Waals surface area contributed by atoms with Gasteiger partial charge >= 0.3 is 0 Å². The Labute approximate surface area is 131 Å². The van der Waals surface area contributed by atoms with Gasteiger partial charge in [-0.3, -0.25) is 9.59 Å². The summed E-state index contributed by atoms with van der Waals surface area (Å²) < 4.78 is 0. The van der Waals surface area contributed by atoms with Crippen molar-refractivity contribution in [1.82, 2.24) is 4.90 Å². The van der Waals surface area contributed by atoms with E-state index in [9.17, 15) is 9.59 Å². The van der Waals surface area contributed by atoms with Gasteiger partial charge < -0.3 is 16.4 Å². The Hall–Kier alpha value is -1.88. The molecule has 1 aliphatic rings. The number of benzene rings is 1. The highest BCUT2D eigenvalue weighted by atomic mass is 16.2. The average molecular weight is 303 g/mol. The maximum Gasteiger partial charge on any atom is 0.226 e. The van der Waals surface area contributed by atoms with Crippen LogP contribution in [0.2, 0.25) is 0 Å². The Bertz CT molecular complexity index is 504. The van der Waals surface area contributed by atoms with E-state index in [1.54, 1.807) is 4.90 Å². The van der Waals surface area contributed by atoms with Gasteiger partial charge in [-0.25, -0.2) is 0 Å². The van der Waals surface area contributed by atoms with Gasteiger partial charge in [0.05, 0.1) is 0 Å². The summed E-state index contributed by atoms with van der Waals surface area (Å²) in [7, 11) is 0. The number of nitrogens with two attached hydrogens (primary N) is 2. The van der Waals surface area contributed by atoms with Crippen LogP contribution in [0.15, 0.2) is 30.3 Å². The van der Waals surface area contributed by atoms with Crippen LogP contribution in [0.3, 0.4) is 0 Å². The Kier molecular flexibility index (Phi) is 5.95. The number of primary amides is 1. The maximum atomic E-state index is 12.8. The molecule has 22 heavy (non-hydrogen) atoms. The molecule has 1 saturated carbocycles. The summed E-state index contributed by atoms with van der Waals surface area (Å²) in [6.45, 7) is 0.882. The molecule has 0 radical (unpaired) electrons. The van der Waals surface area contributed by atoms with Crippen molar-refractivity contribution in [3.05, 3.63) is 35.9 Å². The number of hydrogen-bond acceptors (Lipinski definition) is 3. The average Bonchev–Trinajstić information content (AvgIpc) is 2.51. The zero-order valence-electron chi connectivity index (χ0n) is 12.9. The van der Waals surface area contributed by atoms with Crippen LogP contribution in [-0.4, -0.2) is 29.3 Å². The molecule has 5 heteroatoms. The fourth-order valence-electron chi connectivity index (χ4n) is 3.03. The molecule has 1 aliphatic carbocycles. The minimum atomic E-state index is -0.383. The highest BCUT2D eigenvalue weighted by Crippen LogP contribution is 2.25. The van der Waals surface area contributed by atoms with Crippen LogP contribution in [0.4, 0.5) is 0 Å². The smallest absolute Gasteiger partial charge is 0.226 e. The maximum absolute atomic E-state index is 12.8. The van der Waals surface area contributed by atoms with E-state index in [-0.39, 0.29) is 30.2 Å². The van der Waals surface area contributed by atoms with Gasteiger partial charge in [-0.1, -0.05) is 36.8 Å². The summed E-state index contributed by atoms with van der Waals surface area (Å²) in [5.74, 6) is -0.313. The number of rotatable bonds is 6. The van der Waals surface area contributed by atoms with E-state index in [1.807, 2.05) is 30.3 Å². The third-order valence-electron chi connectivity index (χ3n) is 4.22. The zero-order chi connectivity index (χ0) is 15.9. The predicted octanol–water partition coefficient (Wildman–Crippen LogP) is 1.41. The molecule has 2 atom stereocenters. The van der Waals surface area contributed by atoms with Crippen LogP contribution < -0.4 is 11.5 Å². The quantitative estimate of drug-likeness (QED) is 0.832. The molecule has 2 rings (SSSR count). The SMILES string of the molecule is NC(=O)CCN(Cc1ccccc1)C(=O)C1CCCC(N)C1. The first-order valence-electron chi connectivity index (χ1n) is 7.93. The van der Waals surface area contributed by atoms with E-state index in [1.165, 1.54) is 0 Å². The molecule has 2 amide bonds. The first-order valence-corrected chi connectivity index (χ1v) is 7.93. The molecule has 1 aromatic rings. The largest absolute Gasteiger partial charge is 0.370 e. The molecule has 0 bridgehead atoms. The molecule has 4 N–H and O–H groups in total. The molecule has 0 aromatic heterocycles. The van der Waals surface area contributed by atoms with Gasteiger partial charge in [-0.05, 0) is 24.8 Å². The number of carbonyl (C=O) groups excluding carboxylic acids is 2. The van der Waals surface area contributed by atoms with Gasteiger partial charge in [0.25, 0.3) is 0 Å². The van der Waals surface area contributed by atoms with Crippen molar-refractivity contribution in [2.24, 2.45) is 17.4 Å². The molecule has 0 saturated heterocycles. The normalized spacial score (nSPS) is 21.3. The minimum Gasteiger partial charge on any atom is -0.370 e. The van der Waals surface area contributed by atoms with Gasteiger partial charge in [0, 0.05) is 31.5 Å². The monoisotopic (exact) mass is 303 g/mol. The molecule has 120 valence electrons. The van der Waals surface area contributed by atoms with Crippen LogP contribution in [0.5, 0.6) is 0 Å². The Balaban J connectivity index is 2.05. The lowest BCUT2D eigenvalue weighted by atomic mass is 9.85. The van der Waals surface area contributed by atoms with Crippen LogP contribution in [0.25, 0.3) is 0 Å². The molecule has 1 fully saturated rings. The van der Waals surface area contributed by atoms with Crippen LogP contribution >= 0.6 is 0 Å². The third kappa shape index (κ3) is 4.84. The molecule has 2 unspecified atom stereocenters. The zero-order valence-corrected chi connectivity index (χ0v) is 12.9. The standard InChI is InChI=1S/C17H25N3O2/c18-15-8-4-7-14(11-15)17(22)20(10-9-16(19)21)12-13-5-2-1-3-6-13/h1-3,5-6,14-15H,4,7-12,18H2,(H2,19,21). The molecule has 1 aromatic carbocycles. The second-order valence-corrected chi connectivity index (χ2v) is 6.09. The minimum absolute atomic E-state index is 0.0275. The molecular weight excluding hydrogens is 278 g/mol. The molecule has 0 aliphatic heterocycles. The lowest BCUT2D eigenvalue weighted by Gasteiger charge is -2.31. The fourth-order valence-corrected chi connectivity index (χ4v) is 3.03. The van der Waals surface area contributed by atoms with E-state index in [4.69, 9.17) is 11.5 Å². The van der Waals surface area contributed by atoms with Crippen molar-refractivity contribution in [3.63, 3.8) is 0 Å². The van der Waals surface area contributed by atoms with Crippen LogP contribution in [0, 0.1) is 5.92 Å². The fraction of sp³-hybridized carbons (Fsp3) is 0.529. The summed E-state index contributed by atoms with van der Waals surface area (Å²) in [4.78, 5) is 25.6. The summed E-state index contributed by atoms with van der Waals surface area (Å²) in [5.41, 5.74) is 12.3. The predicted molar refractivity (Wildman–Crippen MR) is 85.6 cm³/mol. The highest BCUT2D eigenvalue weighted by Gasteiger charge is 2.29. The topological polar surface area (TPSA) is 89.4 Å². The van der Waals surface area contributed by atoms with E-state index >= 15 is 0 Å². The molecule has 0 heterocycles. The summed E-state index contributed by atoms with van der Waals surface area (Å²) in [6.07, 6.45) is 3.79. The second-order valence-electron chi connectivity index (χ2n) is 6.09. The van der Waals surface area contributed by atoms with E-state index < -0.39 is 0 Å². The van der Waals surface area contributed by atoms with Gasteiger partial charge in [0.1, 0.15) is 0 Å². The number of carbonyl (C=O) groups is 2. The highest BCUT2D eigenvalue weighted by molar-refractivity contribution is 5.80. The number of nitrogens with zero attached hydrogens (tertiary/aromatic N) is 1. The van der Waals surface area contributed by atoms with Crippen molar-refractivity contribution in [3.8, 4) is 0 Å². The first-order chi connectivity index (χ1) is 10.6. The first kappa shape index (κ1) is 16.5. The van der Waals surface area contributed by atoms with Gasteiger partial charge in [-0.2, -0.15) is 0 Å². The number of amides is 2. The second kappa shape index (κ2) is 7.94. The Morgan fingerprint density at radius 2 is 1.91 bits per heavy atom. The van der Waals surface area contributed by atoms with Gasteiger partial charge in [-0.15, -0.1) is 0 Å². The van der Waals surface area contributed by atoms with Crippen molar-refractivity contribution in [1.29, 1.82) is 0 Å². The molecule has 0 spiro atoms. The van der Waals surface area contributed by atoms with E-state index in [0.717, 1.165) is 31.2 Å². The Morgan fingerprint density at radius 1 is 1.18 bits per heavy atom. The van der Waals surface area contributed by atoms with Crippen molar-refractivity contribution < 1.29 is 9.59 Å². The molecule has 5 nitrogen and oxygen atoms in total. The van der Waals surface area contributed by atoms with Crippen molar-refractivity contribution in [2.75, 3.05) is 6.54 Å².